The lowest BCUT2D eigenvalue weighted by Gasteiger charge is -2.44. The van der Waals surface area contributed by atoms with Gasteiger partial charge in [-0.15, -0.1) is 0 Å². The Morgan fingerprint density at radius 3 is 2.70 bits per heavy atom. The molecule has 5 nitrogen and oxygen atoms in total. The second-order valence-corrected chi connectivity index (χ2v) is 8.55. The van der Waals surface area contributed by atoms with Crippen LogP contribution in [-0.4, -0.2) is 41.9 Å². The summed E-state index contributed by atoms with van der Waals surface area (Å²) in [6.07, 6.45) is 2.42. The standard InChI is InChI=1S/C24H26ClNO4/c1-3-17-6-4-5-7-21(17)29-15-22(28)26-10-8-24(9-11-26)14-20(27)19-13-18(25)12-16(2)23(19)30-24/h4-7,12-13H,3,8-11,14-15H2,1-2H3. The first-order valence-electron chi connectivity index (χ1n) is 10.4. The summed E-state index contributed by atoms with van der Waals surface area (Å²) in [6.45, 7) is 5.08. The molecule has 2 aromatic rings. The molecular weight excluding hydrogens is 402 g/mol. The van der Waals surface area contributed by atoms with Crippen LogP contribution in [0.25, 0.3) is 0 Å². The summed E-state index contributed by atoms with van der Waals surface area (Å²) in [6, 6.07) is 11.3. The lowest BCUT2D eigenvalue weighted by molar-refractivity contribution is -0.137. The number of carbonyl (C=O) groups excluding carboxylic acids is 2. The molecule has 158 valence electrons. The number of benzene rings is 2. The van der Waals surface area contributed by atoms with Gasteiger partial charge >= 0.3 is 0 Å². The molecule has 0 saturated carbocycles. The van der Waals surface area contributed by atoms with Gasteiger partial charge in [0, 0.05) is 31.0 Å². The number of carbonyl (C=O) groups is 2. The van der Waals surface area contributed by atoms with E-state index in [1.807, 2.05) is 37.3 Å². The quantitative estimate of drug-likeness (QED) is 0.714. The zero-order valence-corrected chi connectivity index (χ0v) is 18.1. The van der Waals surface area contributed by atoms with E-state index in [9.17, 15) is 9.59 Å². The van der Waals surface area contributed by atoms with Crippen molar-refractivity contribution in [2.24, 2.45) is 0 Å². The van der Waals surface area contributed by atoms with Gasteiger partial charge in [-0.25, -0.2) is 0 Å². The highest BCUT2D eigenvalue weighted by molar-refractivity contribution is 6.31. The summed E-state index contributed by atoms with van der Waals surface area (Å²) in [5, 5.41) is 0.546. The third kappa shape index (κ3) is 4.04. The summed E-state index contributed by atoms with van der Waals surface area (Å²) < 4.78 is 12.1. The van der Waals surface area contributed by atoms with Gasteiger partial charge in [0.1, 0.15) is 17.1 Å². The van der Waals surface area contributed by atoms with Gasteiger partial charge in [0.05, 0.1) is 12.0 Å². The van der Waals surface area contributed by atoms with Crippen molar-refractivity contribution in [2.45, 2.75) is 45.1 Å². The van der Waals surface area contributed by atoms with E-state index in [0.29, 0.717) is 48.7 Å². The summed E-state index contributed by atoms with van der Waals surface area (Å²) in [4.78, 5) is 27.2. The molecule has 0 unspecified atom stereocenters. The molecule has 0 aliphatic carbocycles. The maximum Gasteiger partial charge on any atom is 0.260 e. The van der Waals surface area contributed by atoms with E-state index in [0.717, 1.165) is 23.3 Å². The number of halogens is 1. The molecule has 1 amide bonds. The van der Waals surface area contributed by atoms with Crippen molar-refractivity contribution in [3.05, 3.63) is 58.1 Å². The first-order valence-corrected chi connectivity index (χ1v) is 10.8. The monoisotopic (exact) mass is 427 g/mol. The smallest absolute Gasteiger partial charge is 0.260 e. The number of ether oxygens (including phenoxy) is 2. The minimum absolute atomic E-state index is 0.0181. The number of likely N-dealkylation sites (tertiary alicyclic amines) is 1. The fourth-order valence-electron chi connectivity index (χ4n) is 4.32. The van der Waals surface area contributed by atoms with Crippen LogP contribution in [0.5, 0.6) is 11.5 Å². The molecule has 2 heterocycles. The predicted molar refractivity (Wildman–Crippen MR) is 116 cm³/mol. The zero-order valence-electron chi connectivity index (χ0n) is 17.4. The highest BCUT2D eigenvalue weighted by Crippen LogP contribution is 2.42. The Balaban J connectivity index is 1.39. The molecule has 30 heavy (non-hydrogen) atoms. The van der Waals surface area contributed by atoms with E-state index >= 15 is 0 Å². The van der Waals surface area contributed by atoms with Crippen LogP contribution in [0, 0.1) is 6.92 Å². The Morgan fingerprint density at radius 1 is 1.23 bits per heavy atom. The molecule has 0 atom stereocenters. The molecule has 2 aliphatic heterocycles. The van der Waals surface area contributed by atoms with Gasteiger partial charge in [-0.3, -0.25) is 9.59 Å². The van der Waals surface area contributed by atoms with Crippen molar-refractivity contribution in [1.82, 2.24) is 4.90 Å². The fraction of sp³-hybridized carbons (Fsp3) is 0.417. The molecule has 1 spiro atoms. The van der Waals surface area contributed by atoms with Crippen molar-refractivity contribution in [1.29, 1.82) is 0 Å². The van der Waals surface area contributed by atoms with Gasteiger partial charge in [-0.05, 0) is 42.7 Å². The van der Waals surface area contributed by atoms with Gasteiger partial charge in [-0.2, -0.15) is 0 Å². The maximum atomic E-state index is 12.8. The zero-order chi connectivity index (χ0) is 21.3. The van der Waals surface area contributed by atoms with Gasteiger partial charge in [0.2, 0.25) is 0 Å². The average Bonchev–Trinajstić information content (AvgIpc) is 2.74. The molecule has 1 saturated heterocycles. The summed E-state index contributed by atoms with van der Waals surface area (Å²) >= 11 is 6.11. The van der Waals surface area contributed by atoms with E-state index in [2.05, 4.69) is 6.92 Å². The van der Waals surface area contributed by atoms with Gasteiger partial charge < -0.3 is 14.4 Å². The number of rotatable bonds is 4. The summed E-state index contributed by atoms with van der Waals surface area (Å²) in [5.74, 6) is 1.41. The Bertz CT molecular complexity index is 979. The molecule has 0 radical (unpaired) electrons. The molecule has 0 aromatic heterocycles. The number of fused-ring (bicyclic) bond motifs is 1. The fourth-order valence-corrected chi connectivity index (χ4v) is 4.60. The van der Waals surface area contributed by atoms with Crippen molar-refractivity contribution in [3.8, 4) is 11.5 Å². The van der Waals surface area contributed by atoms with Gasteiger partial charge in [0.15, 0.2) is 12.4 Å². The second-order valence-electron chi connectivity index (χ2n) is 8.12. The Kier molecular flexibility index (Phi) is 5.74. The minimum atomic E-state index is -0.547. The average molecular weight is 428 g/mol. The van der Waals surface area contributed by atoms with E-state index < -0.39 is 5.60 Å². The number of hydrogen-bond acceptors (Lipinski definition) is 4. The van der Waals surface area contributed by atoms with Crippen LogP contribution >= 0.6 is 11.6 Å². The Labute approximate surface area is 181 Å². The molecular formula is C24H26ClNO4. The van der Waals surface area contributed by atoms with Crippen LogP contribution in [-0.2, 0) is 11.2 Å². The third-order valence-corrected chi connectivity index (χ3v) is 6.29. The number of ketones is 1. The number of piperidine rings is 1. The van der Waals surface area contributed by atoms with Crippen LogP contribution in [0.1, 0.15) is 47.7 Å². The number of para-hydroxylation sites is 1. The topological polar surface area (TPSA) is 55.8 Å². The predicted octanol–water partition coefficient (Wildman–Crippen LogP) is 4.62. The van der Waals surface area contributed by atoms with Crippen molar-refractivity contribution < 1.29 is 19.1 Å². The Morgan fingerprint density at radius 2 is 1.97 bits per heavy atom. The molecule has 2 aliphatic rings. The minimum Gasteiger partial charge on any atom is -0.486 e. The van der Waals surface area contributed by atoms with E-state index in [1.54, 1.807) is 11.0 Å². The summed E-state index contributed by atoms with van der Waals surface area (Å²) in [5.41, 5.74) is 1.97. The van der Waals surface area contributed by atoms with Crippen LogP contribution in [0.4, 0.5) is 0 Å². The van der Waals surface area contributed by atoms with Crippen LogP contribution in [0.2, 0.25) is 5.02 Å². The molecule has 2 aromatic carbocycles. The van der Waals surface area contributed by atoms with Crippen molar-refractivity contribution >= 4 is 23.3 Å². The number of aryl methyl sites for hydroxylation is 2. The number of Topliss-reactive ketones (excluding diaryl/α,β-unsaturated/α-hetero) is 1. The SMILES string of the molecule is CCc1ccccc1OCC(=O)N1CCC2(CC1)CC(=O)c1cc(Cl)cc(C)c1O2. The highest BCUT2D eigenvalue weighted by Gasteiger charge is 2.44. The number of amides is 1. The highest BCUT2D eigenvalue weighted by atomic mass is 35.5. The van der Waals surface area contributed by atoms with E-state index in [4.69, 9.17) is 21.1 Å². The summed E-state index contributed by atoms with van der Waals surface area (Å²) in [7, 11) is 0. The first-order chi connectivity index (χ1) is 14.4. The normalized spacial score (nSPS) is 17.4. The lowest BCUT2D eigenvalue weighted by atomic mass is 9.82. The second kappa shape index (κ2) is 8.31. The van der Waals surface area contributed by atoms with Crippen molar-refractivity contribution in [2.75, 3.05) is 19.7 Å². The number of nitrogens with zero attached hydrogens (tertiary/aromatic N) is 1. The van der Waals surface area contributed by atoms with E-state index in [-0.39, 0.29) is 18.3 Å². The van der Waals surface area contributed by atoms with Gasteiger partial charge in [-0.1, -0.05) is 36.7 Å². The van der Waals surface area contributed by atoms with Crippen molar-refractivity contribution in [3.63, 3.8) is 0 Å². The molecule has 6 heteroatoms. The molecule has 1 fully saturated rings. The maximum absolute atomic E-state index is 12.8. The lowest BCUT2D eigenvalue weighted by Crippen LogP contribution is -2.53. The third-order valence-electron chi connectivity index (χ3n) is 6.07. The number of hydrogen-bond donors (Lipinski definition) is 0. The van der Waals surface area contributed by atoms with Gasteiger partial charge in [0.25, 0.3) is 5.91 Å². The molecule has 4 rings (SSSR count). The van der Waals surface area contributed by atoms with Crippen LogP contribution in [0.15, 0.2) is 36.4 Å². The first kappa shape index (κ1) is 20.7. The largest absolute Gasteiger partial charge is 0.486 e. The Hall–Kier alpha value is -2.53. The van der Waals surface area contributed by atoms with E-state index in [1.165, 1.54) is 0 Å². The molecule has 0 bridgehead atoms. The van der Waals surface area contributed by atoms with Crippen LogP contribution < -0.4 is 9.47 Å². The molecule has 0 N–H and O–H groups in total. The van der Waals surface area contributed by atoms with Crippen LogP contribution in [0.3, 0.4) is 0 Å².